The number of rotatable bonds is 6. The van der Waals surface area contributed by atoms with Crippen molar-refractivity contribution in [1.82, 2.24) is 5.32 Å². The Bertz CT molecular complexity index is 373. The van der Waals surface area contributed by atoms with Crippen molar-refractivity contribution in [3.05, 3.63) is 33.4 Å². The summed E-state index contributed by atoms with van der Waals surface area (Å²) < 4.78 is 1.33. The Morgan fingerprint density at radius 2 is 2.00 bits per heavy atom. The van der Waals surface area contributed by atoms with E-state index in [0.29, 0.717) is 6.04 Å². The molecule has 0 spiro atoms. The molecule has 1 aliphatic rings. The topological polar surface area (TPSA) is 12.0 Å². The van der Waals surface area contributed by atoms with Gasteiger partial charge in [-0.1, -0.05) is 38.8 Å². The number of nitrogens with one attached hydrogen (secondary N) is 1. The largest absolute Gasteiger partial charge is 0.313 e. The summed E-state index contributed by atoms with van der Waals surface area (Å²) in [6.07, 6.45) is 6.66. The Morgan fingerprint density at radius 3 is 2.58 bits per heavy atom. The van der Waals surface area contributed by atoms with Crippen molar-refractivity contribution < 1.29 is 0 Å². The second-order valence-corrected chi connectivity index (χ2v) is 7.21. The van der Waals surface area contributed by atoms with Crippen molar-refractivity contribution in [3.63, 3.8) is 0 Å². The van der Waals surface area contributed by atoms with Gasteiger partial charge in [-0.2, -0.15) is 0 Å². The molecule has 1 aromatic rings. The lowest BCUT2D eigenvalue weighted by Crippen LogP contribution is -2.39. The molecule has 0 saturated heterocycles. The van der Waals surface area contributed by atoms with Crippen molar-refractivity contribution in [2.75, 3.05) is 6.54 Å². The lowest BCUT2D eigenvalue weighted by molar-refractivity contribution is 0.295. The Kier molecular flexibility index (Phi) is 6.14. The number of hydrogen-bond donors (Lipinski definition) is 1. The third kappa shape index (κ3) is 4.45. The molecule has 1 nitrogen and oxygen atoms in total. The van der Waals surface area contributed by atoms with Crippen LogP contribution in [0, 0.1) is 15.4 Å². The summed E-state index contributed by atoms with van der Waals surface area (Å²) in [4.78, 5) is 0. The molecule has 0 bridgehead atoms. The van der Waals surface area contributed by atoms with Gasteiger partial charge in [-0.15, -0.1) is 0 Å². The summed E-state index contributed by atoms with van der Waals surface area (Å²) in [6.45, 7) is 5.84. The zero-order chi connectivity index (χ0) is 13.7. The van der Waals surface area contributed by atoms with Crippen LogP contribution in [0.25, 0.3) is 0 Å². The molecular weight excluding hydrogens is 345 g/mol. The SMILES string of the molecule is CCCNC(Cc1ccc(I)cc1)C1CCCC1C. The van der Waals surface area contributed by atoms with Crippen molar-refractivity contribution in [2.24, 2.45) is 11.8 Å². The summed E-state index contributed by atoms with van der Waals surface area (Å²) in [7, 11) is 0. The van der Waals surface area contributed by atoms with Crippen molar-refractivity contribution in [1.29, 1.82) is 0 Å². The van der Waals surface area contributed by atoms with E-state index in [2.05, 4.69) is 66.0 Å². The second-order valence-electron chi connectivity index (χ2n) is 5.96. The van der Waals surface area contributed by atoms with Gasteiger partial charge in [0.15, 0.2) is 0 Å². The van der Waals surface area contributed by atoms with Gasteiger partial charge >= 0.3 is 0 Å². The first-order chi connectivity index (χ1) is 9.20. The van der Waals surface area contributed by atoms with Crippen molar-refractivity contribution in [3.8, 4) is 0 Å². The normalized spacial score (nSPS) is 24.6. The van der Waals surface area contributed by atoms with Gasteiger partial charge in [0.2, 0.25) is 0 Å². The van der Waals surface area contributed by atoms with E-state index in [9.17, 15) is 0 Å². The van der Waals surface area contributed by atoms with Crippen molar-refractivity contribution in [2.45, 2.75) is 52.0 Å². The zero-order valence-corrected chi connectivity index (χ0v) is 14.3. The Morgan fingerprint density at radius 1 is 1.26 bits per heavy atom. The molecule has 1 aromatic carbocycles. The molecule has 0 aliphatic heterocycles. The average molecular weight is 371 g/mol. The van der Waals surface area contributed by atoms with Gasteiger partial charge in [0.25, 0.3) is 0 Å². The van der Waals surface area contributed by atoms with E-state index in [1.165, 1.54) is 41.2 Å². The lowest BCUT2D eigenvalue weighted by Gasteiger charge is -2.28. The van der Waals surface area contributed by atoms with Gasteiger partial charge < -0.3 is 5.32 Å². The van der Waals surface area contributed by atoms with Gasteiger partial charge in [-0.25, -0.2) is 0 Å². The molecular formula is C17H26IN. The highest BCUT2D eigenvalue weighted by Gasteiger charge is 2.30. The Hall–Kier alpha value is -0.0900. The van der Waals surface area contributed by atoms with Gasteiger partial charge in [-0.3, -0.25) is 0 Å². The van der Waals surface area contributed by atoms with E-state index >= 15 is 0 Å². The van der Waals surface area contributed by atoms with Crippen LogP contribution >= 0.6 is 22.6 Å². The van der Waals surface area contributed by atoms with Gasteiger partial charge in [0.05, 0.1) is 0 Å². The van der Waals surface area contributed by atoms with Crippen molar-refractivity contribution >= 4 is 22.6 Å². The van der Waals surface area contributed by atoms with Gasteiger partial charge in [-0.05, 0) is 77.9 Å². The van der Waals surface area contributed by atoms with E-state index in [1.807, 2.05) is 0 Å². The molecule has 19 heavy (non-hydrogen) atoms. The molecule has 1 fully saturated rings. The molecule has 0 heterocycles. The van der Waals surface area contributed by atoms with E-state index < -0.39 is 0 Å². The maximum absolute atomic E-state index is 3.80. The highest BCUT2D eigenvalue weighted by molar-refractivity contribution is 14.1. The van der Waals surface area contributed by atoms with Crippen LogP contribution in [-0.2, 0) is 6.42 Å². The summed E-state index contributed by atoms with van der Waals surface area (Å²) in [5.74, 6) is 1.75. The third-order valence-electron chi connectivity index (χ3n) is 4.47. The molecule has 2 heteroatoms. The Labute approximate surface area is 131 Å². The van der Waals surface area contributed by atoms with Crippen LogP contribution in [0.3, 0.4) is 0 Å². The first-order valence-electron chi connectivity index (χ1n) is 7.68. The molecule has 1 aliphatic carbocycles. The highest BCUT2D eigenvalue weighted by atomic mass is 127. The van der Waals surface area contributed by atoms with Crippen LogP contribution in [0.15, 0.2) is 24.3 Å². The van der Waals surface area contributed by atoms with Crippen LogP contribution in [-0.4, -0.2) is 12.6 Å². The molecule has 0 amide bonds. The molecule has 3 atom stereocenters. The van der Waals surface area contributed by atoms with E-state index in [0.717, 1.165) is 18.4 Å². The second kappa shape index (κ2) is 7.63. The van der Waals surface area contributed by atoms with Crippen LogP contribution < -0.4 is 5.32 Å². The summed E-state index contributed by atoms with van der Waals surface area (Å²) in [5.41, 5.74) is 1.48. The highest BCUT2D eigenvalue weighted by Crippen LogP contribution is 2.34. The molecule has 2 rings (SSSR count). The standard InChI is InChI=1S/C17H26IN/c1-3-11-19-17(16-6-4-5-13(16)2)12-14-7-9-15(18)10-8-14/h7-10,13,16-17,19H,3-6,11-12H2,1-2H3. The molecule has 0 aromatic heterocycles. The monoisotopic (exact) mass is 371 g/mol. The fraction of sp³-hybridized carbons (Fsp3) is 0.647. The summed E-state index contributed by atoms with van der Waals surface area (Å²) in [6, 6.07) is 9.71. The first kappa shape index (κ1) is 15.3. The minimum atomic E-state index is 0.664. The fourth-order valence-corrected chi connectivity index (χ4v) is 3.71. The quantitative estimate of drug-likeness (QED) is 0.719. The molecule has 106 valence electrons. The molecule has 1 saturated carbocycles. The third-order valence-corrected chi connectivity index (χ3v) is 5.19. The van der Waals surface area contributed by atoms with Crippen LogP contribution in [0.5, 0.6) is 0 Å². The van der Waals surface area contributed by atoms with E-state index in [-0.39, 0.29) is 0 Å². The van der Waals surface area contributed by atoms with E-state index in [4.69, 9.17) is 0 Å². The molecule has 1 N–H and O–H groups in total. The van der Waals surface area contributed by atoms with Crippen LogP contribution in [0.2, 0.25) is 0 Å². The van der Waals surface area contributed by atoms with Crippen LogP contribution in [0.4, 0.5) is 0 Å². The van der Waals surface area contributed by atoms with E-state index in [1.54, 1.807) is 0 Å². The summed E-state index contributed by atoms with van der Waals surface area (Å²) in [5, 5.41) is 3.80. The zero-order valence-electron chi connectivity index (χ0n) is 12.2. The smallest absolute Gasteiger partial charge is 0.0138 e. The fourth-order valence-electron chi connectivity index (χ4n) is 3.35. The number of benzene rings is 1. The predicted octanol–water partition coefficient (Wildman–Crippen LogP) is 4.64. The minimum Gasteiger partial charge on any atom is -0.313 e. The Balaban J connectivity index is 2.02. The first-order valence-corrected chi connectivity index (χ1v) is 8.76. The average Bonchev–Trinajstić information content (AvgIpc) is 2.83. The van der Waals surface area contributed by atoms with Gasteiger partial charge in [0, 0.05) is 9.61 Å². The maximum Gasteiger partial charge on any atom is 0.0138 e. The van der Waals surface area contributed by atoms with Crippen LogP contribution in [0.1, 0.15) is 45.1 Å². The predicted molar refractivity (Wildman–Crippen MR) is 91.4 cm³/mol. The minimum absolute atomic E-state index is 0.664. The van der Waals surface area contributed by atoms with Gasteiger partial charge in [0.1, 0.15) is 0 Å². The number of halogens is 1. The molecule has 3 unspecified atom stereocenters. The summed E-state index contributed by atoms with van der Waals surface area (Å²) >= 11 is 2.38. The maximum atomic E-state index is 3.80. The number of hydrogen-bond acceptors (Lipinski definition) is 1. The molecule has 0 radical (unpaired) electrons. The lowest BCUT2D eigenvalue weighted by atomic mass is 9.86.